The average molecular weight is 354 g/mol. The first kappa shape index (κ1) is 18.2. The molecule has 1 saturated carbocycles. The van der Waals surface area contributed by atoms with E-state index in [4.69, 9.17) is 5.84 Å². The lowest BCUT2D eigenvalue weighted by atomic mass is 9.86. The largest absolute Gasteiger partial charge is 0.335 e. The van der Waals surface area contributed by atoms with E-state index in [1.807, 2.05) is 0 Å². The van der Waals surface area contributed by atoms with Gasteiger partial charge in [0.1, 0.15) is 5.69 Å². The number of carbonyl (C=O) groups is 2. The summed E-state index contributed by atoms with van der Waals surface area (Å²) in [5.74, 6) is 5.40. The number of nitrogens with one attached hydrogen (secondary N) is 2. The quantitative estimate of drug-likeness (QED) is 0.518. The number of carbonyl (C=O) groups excluding carboxylic acids is 2. The molecule has 9 nitrogen and oxygen atoms in total. The number of amides is 3. The van der Waals surface area contributed by atoms with E-state index in [1.165, 1.54) is 13.3 Å². The predicted molar refractivity (Wildman–Crippen MR) is 90.0 cm³/mol. The van der Waals surface area contributed by atoms with E-state index in [0.29, 0.717) is 5.92 Å². The van der Waals surface area contributed by atoms with E-state index in [2.05, 4.69) is 27.8 Å². The molecule has 2 atom stereocenters. The van der Waals surface area contributed by atoms with Gasteiger partial charge in [-0.25, -0.2) is 4.79 Å². The first-order valence-electron chi connectivity index (χ1n) is 7.83. The number of hydrogen-bond donors (Lipinski definition) is 3. The highest BCUT2D eigenvalue weighted by Crippen LogP contribution is 2.23. The zero-order chi connectivity index (χ0) is 17.7. The Kier molecular flexibility index (Phi) is 6.18. The second-order valence-corrected chi connectivity index (χ2v) is 6.86. The van der Waals surface area contributed by atoms with Crippen LogP contribution in [-0.2, 0) is 4.79 Å². The Balaban J connectivity index is 1.82. The fraction of sp³-hybridized carbons (Fsp3) is 0.643. The van der Waals surface area contributed by atoms with Crippen molar-refractivity contribution in [3.63, 3.8) is 0 Å². The Morgan fingerprint density at radius 2 is 2.04 bits per heavy atom. The van der Waals surface area contributed by atoms with Crippen LogP contribution in [0.1, 0.15) is 38.3 Å². The summed E-state index contributed by atoms with van der Waals surface area (Å²) in [6.45, 7) is 3.59. The number of hydrogen-bond acceptors (Lipinski definition) is 7. The molecule has 0 bridgehead atoms. The minimum Gasteiger partial charge on any atom is -0.335 e. The molecular weight excluding hydrogens is 332 g/mol. The number of nitrogens with two attached hydrogens (primary N) is 1. The number of urea groups is 1. The van der Waals surface area contributed by atoms with Gasteiger partial charge < -0.3 is 11.2 Å². The number of aromatic nitrogens is 3. The third kappa shape index (κ3) is 4.70. The molecule has 132 valence electrons. The molecule has 1 aromatic rings. The van der Waals surface area contributed by atoms with E-state index < -0.39 is 17.5 Å². The molecule has 1 aliphatic carbocycles. The predicted octanol–water partition coefficient (Wildman–Crippen LogP) is 0.157. The lowest BCUT2D eigenvalue weighted by Gasteiger charge is -2.29. The highest BCUT2D eigenvalue weighted by molar-refractivity contribution is 7.99. The highest BCUT2D eigenvalue weighted by atomic mass is 32.2. The Morgan fingerprint density at radius 3 is 2.75 bits per heavy atom. The third-order valence-corrected chi connectivity index (χ3v) is 4.98. The van der Waals surface area contributed by atoms with Crippen LogP contribution < -0.4 is 22.0 Å². The van der Waals surface area contributed by atoms with Crippen LogP contribution in [0.4, 0.5) is 4.79 Å². The van der Waals surface area contributed by atoms with Gasteiger partial charge in [0, 0.05) is 6.04 Å². The summed E-state index contributed by atoms with van der Waals surface area (Å²) in [6, 6.07) is -0.407. The molecule has 3 amide bonds. The lowest BCUT2D eigenvalue weighted by Crippen LogP contribution is -2.48. The molecule has 4 N–H and O–H groups in total. The lowest BCUT2D eigenvalue weighted by molar-refractivity contribution is -0.117. The number of imide groups is 1. The Hall–Kier alpha value is -2.10. The van der Waals surface area contributed by atoms with Crippen molar-refractivity contribution in [1.29, 1.82) is 0 Å². The molecule has 0 radical (unpaired) electrons. The summed E-state index contributed by atoms with van der Waals surface area (Å²) in [7, 11) is 0. The second kappa shape index (κ2) is 8.13. The van der Waals surface area contributed by atoms with E-state index in [-0.39, 0.29) is 22.6 Å². The van der Waals surface area contributed by atoms with Crippen molar-refractivity contribution in [2.45, 2.75) is 50.7 Å². The molecule has 24 heavy (non-hydrogen) atoms. The Bertz CT molecular complexity index is 677. The standard InChI is InChI=1S/C14H22N6O3S/c1-8-5-3-4-6-10(8)16-13(23)17-11(21)7-24-14-19-18-9(2)12(22)20(14)15/h8,10H,3-7,15H2,1-2H3,(H2,16,17,21,23)/t8-,10+/m1/s1. The maximum Gasteiger partial charge on any atom is 0.321 e. The van der Waals surface area contributed by atoms with Gasteiger partial charge in [-0.2, -0.15) is 4.68 Å². The van der Waals surface area contributed by atoms with Gasteiger partial charge in [-0.05, 0) is 25.7 Å². The van der Waals surface area contributed by atoms with Crippen LogP contribution in [0.15, 0.2) is 9.95 Å². The van der Waals surface area contributed by atoms with Crippen molar-refractivity contribution in [2.75, 3.05) is 11.6 Å². The molecule has 0 aliphatic heterocycles. The van der Waals surface area contributed by atoms with Gasteiger partial charge >= 0.3 is 6.03 Å². The van der Waals surface area contributed by atoms with Gasteiger partial charge in [-0.1, -0.05) is 31.5 Å². The smallest absolute Gasteiger partial charge is 0.321 e. The fourth-order valence-corrected chi connectivity index (χ4v) is 3.25. The van der Waals surface area contributed by atoms with Gasteiger partial charge in [-0.15, -0.1) is 10.2 Å². The van der Waals surface area contributed by atoms with E-state index in [1.54, 1.807) is 0 Å². The summed E-state index contributed by atoms with van der Waals surface area (Å²) in [5, 5.41) is 12.7. The summed E-state index contributed by atoms with van der Waals surface area (Å²) in [5.41, 5.74) is -0.302. The van der Waals surface area contributed by atoms with Gasteiger partial charge in [0.15, 0.2) is 0 Å². The van der Waals surface area contributed by atoms with Crippen molar-refractivity contribution < 1.29 is 9.59 Å². The second-order valence-electron chi connectivity index (χ2n) is 5.92. The van der Waals surface area contributed by atoms with Crippen molar-refractivity contribution in [3.05, 3.63) is 16.0 Å². The SMILES string of the molecule is Cc1nnc(SCC(=O)NC(=O)N[C@H]2CCCC[C@H]2C)n(N)c1=O. The number of aryl methyl sites for hydroxylation is 1. The molecular formula is C14H22N6O3S. The molecule has 1 heterocycles. The summed E-state index contributed by atoms with van der Waals surface area (Å²) in [6.07, 6.45) is 4.26. The van der Waals surface area contributed by atoms with Crippen LogP contribution in [0.25, 0.3) is 0 Å². The molecule has 1 fully saturated rings. The zero-order valence-electron chi connectivity index (χ0n) is 13.7. The van der Waals surface area contributed by atoms with E-state index >= 15 is 0 Å². The van der Waals surface area contributed by atoms with Gasteiger partial charge in [0.2, 0.25) is 11.1 Å². The molecule has 0 aromatic carbocycles. The monoisotopic (exact) mass is 354 g/mol. The molecule has 0 saturated heterocycles. The first-order chi connectivity index (χ1) is 11.4. The first-order valence-corrected chi connectivity index (χ1v) is 8.81. The zero-order valence-corrected chi connectivity index (χ0v) is 14.6. The van der Waals surface area contributed by atoms with Gasteiger partial charge in [0.05, 0.1) is 5.75 Å². The van der Waals surface area contributed by atoms with Crippen LogP contribution in [0.5, 0.6) is 0 Å². The molecule has 1 aromatic heterocycles. The van der Waals surface area contributed by atoms with Crippen LogP contribution in [-0.4, -0.2) is 38.6 Å². The van der Waals surface area contributed by atoms with Crippen LogP contribution >= 0.6 is 11.8 Å². The van der Waals surface area contributed by atoms with Gasteiger partial charge in [0.25, 0.3) is 5.56 Å². The number of thioether (sulfide) groups is 1. The van der Waals surface area contributed by atoms with Crippen molar-refractivity contribution >= 4 is 23.7 Å². The van der Waals surface area contributed by atoms with E-state index in [0.717, 1.165) is 35.7 Å². The molecule has 10 heteroatoms. The average Bonchev–Trinajstić information content (AvgIpc) is 2.54. The maximum atomic E-state index is 11.9. The fourth-order valence-electron chi connectivity index (χ4n) is 2.60. The maximum absolute atomic E-state index is 11.9. The Morgan fingerprint density at radius 1 is 1.33 bits per heavy atom. The van der Waals surface area contributed by atoms with Crippen molar-refractivity contribution in [2.24, 2.45) is 5.92 Å². The summed E-state index contributed by atoms with van der Waals surface area (Å²) in [4.78, 5) is 35.3. The highest BCUT2D eigenvalue weighted by Gasteiger charge is 2.23. The van der Waals surface area contributed by atoms with Gasteiger partial charge in [-0.3, -0.25) is 14.9 Å². The topological polar surface area (TPSA) is 132 Å². The molecule has 2 rings (SSSR count). The Labute approximate surface area is 143 Å². The number of nitrogen functional groups attached to an aromatic ring is 1. The van der Waals surface area contributed by atoms with Crippen molar-refractivity contribution in [3.8, 4) is 0 Å². The molecule has 0 unspecified atom stereocenters. The van der Waals surface area contributed by atoms with Crippen LogP contribution in [0.3, 0.4) is 0 Å². The van der Waals surface area contributed by atoms with Crippen LogP contribution in [0.2, 0.25) is 0 Å². The summed E-state index contributed by atoms with van der Waals surface area (Å²) >= 11 is 0.939. The molecule has 0 spiro atoms. The number of nitrogens with zero attached hydrogens (tertiary/aromatic N) is 3. The van der Waals surface area contributed by atoms with Crippen molar-refractivity contribution in [1.82, 2.24) is 25.5 Å². The summed E-state index contributed by atoms with van der Waals surface area (Å²) < 4.78 is 0.837. The third-order valence-electron chi connectivity index (χ3n) is 4.03. The van der Waals surface area contributed by atoms with Crippen LogP contribution in [0, 0.1) is 12.8 Å². The minimum atomic E-state index is -0.500. The molecule has 1 aliphatic rings. The normalized spacial score (nSPS) is 20.4. The minimum absolute atomic E-state index is 0.0939. The van der Waals surface area contributed by atoms with E-state index in [9.17, 15) is 14.4 Å². The number of rotatable bonds is 4.